The van der Waals surface area contributed by atoms with Gasteiger partial charge in [-0.15, -0.1) is 0 Å². The van der Waals surface area contributed by atoms with Crippen LogP contribution in [-0.2, 0) is 19.1 Å². The molecule has 0 spiro atoms. The normalized spacial score (nSPS) is 21.1. The van der Waals surface area contributed by atoms with Gasteiger partial charge in [-0.2, -0.15) is 0 Å². The number of ether oxygens (including phenoxy) is 3. The Hall–Kier alpha value is -6.12. The number of hydrogen-bond acceptors (Lipinski definition) is 10. The first-order valence-corrected chi connectivity index (χ1v) is 20.5. The van der Waals surface area contributed by atoms with Gasteiger partial charge in [0.15, 0.2) is 0 Å². The zero-order valence-corrected chi connectivity index (χ0v) is 34.5. The van der Waals surface area contributed by atoms with Gasteiger partial charge < -0.3 is 49.3 Å². The highest BCUT2D eigenvalue weighted by molar-refractivity contribution is 5.96. The largest absolute Gasteiger partial charge is 0.486 e. The summed E-state index contributed by atoms with van der Waals surface area (Å²) in [4.78, 5) is 55.4. The molecule has 14 heteroatoms. The zero-order valence-electron chi connectivity index (χ0n) is 34.5. The highest BCUT2D eigenvalue weighted by Gasteiger charge is 2.35. The average Bonchev–Trinajstić information content (AvgIpc) is 3.24. The van der Waals surface area contributed by atoms with E-state index in [1.807, 2.05) is 50.2 Å². The van der Waals surface area contributed by atoms with Crippen molar-refractivity contribution >= 4 is 52.2 Å². The van der Waals surface area contributed by atoms with Crippen molar-refractivity contribution in [1.29, 1.82) is 0 Å². The molecule has 14 nitrogen and oxygen atoms in total. The molecule has 4 aromatic carbocycles. The minimum atomic E-state index is -1.00. The maximum Gasteiger partial charge on any atom is 0.335 e. The first kappa shape index (κ1) is 42.0. The van der Waals surface area contributed by atoms with Crippen molar-refractivity contribution in [3.05, 3.63) is 107 Å². The molecule has 0 aromatic heterocycles. The van der Waals surface area contributed by atoms with Gasteiger partial charge in [-0.1, -0.05) is 0 Å². The Morgan fingerprint density at radius 1 is 0.617 bits per heavy atom. The number of carbonyl (C=O) groups excluding carboxylic acids is 2. The highest BCUT2D eigenvalue weighted by atomic mass is 16.5. The van der Waals surface area contributed by atoms with Gasteiger partial charge in [-0.3, -0.25) is 9.59 Å². The number of benzene rings is 4. The molecule has 60 heavy (non-hydrogen) atoms. The smallest absolute Gasteiger partial charge is 0.335 e. The second-order valence-electron chi connectivity index (χ2n) is 15.6. The Labute approximate surface area is 350 Å². The maximum atomic E-state index is 12.2. The minimum absolute atomic E-state index is 0.0100. The van der Waals surface area contributed by atoms with Crippen molar-refractivity contribution in [2.24, 2.45) is 0 Å². The number of aromatic carboxylic acids is 2. The lowest BCUT2D eigenvalue weighted by Gasteiger charge is -2.39. The number of nitrogens with one attached hydrogen (secondary N) is 1. The SMILES string of the molecule is CC(=O)N1c2ccc(C(=O)O)cc2C(Nc2ccc(N3CCOCC3)cc2)CC1C.CC(=O)N1c2ccc(C(=O)O)cc2[C@H](Oc2ccc(N3CCOCC3)cc2)C[C@@H]1C. The van der Waals surface area contributed by atoms with Crippen LogP contribution in [0.2, 0.25) is 0 Å². The Bertz CT molecular complexity index is 2030. The molecule has 4 aromatic rings. The van der Waals surface area contributed by atoms with Crippen LogP contribution in [-0.4, -0.2) is 98.7 Å². The lowest BCUT2D eigenvalue weighted by atomic mass is 9.90. The quantitative estimate of drug-likeness (QED) is 0.167. The average molecular weight is 820 g/mol. The molecule has 316 valence electrons. The number of anilines is 5. The molecule has 4 aliphatic rings. The van der Waals surface area contributed by atoms with Crippen molar-refractivity contribution < 1.29 is 43.6 Å². The van der Waals surface area contributed by atoms with E-state index in [2.05, 4.69) is 27.2 Å². The van der Waals surface area contributed by atoms with Crippen LogP contribution in [0.15, 0.2) is 84.9 Å². The fourth-order valence-electron chi connectivity index (χ4n) is 8.66. The summed E-state index contributed by atoms with van der Waals surface area (Å²) in [6.45, 7) is 13.5. The molecule has 0 aliphatic carbocycles. The van der Waals surface area contributed by atoms with Crippen LogP contribution < -0.4 is 29.7 Å². The van der Waals surface area contributed by atoms with E-state index in [-0.39, 0.29) is 47.2 Å². The molecule has 8 rings (SSSR count). The van der Waals surface area contributed by atoms with E-state index in [9.17, 15) is 29.4 Å². The summed E-state index contributed by atoms with van der Waals surface area (Å²) in [5, 5.41) is 22.4. The van der Waals surface area contributed by atoms with Gasteiger partial charge in [0, 0.05) is 86.8 Å². The summed E-state index contributed by atoms with van der Waals surface area (Å²) in [6, 6.07) is 25.9. The number of fused-ring (bicyclic) bond motifs is 2. The van der Waals surface area contributed by atoms with Gasteiger partial charge in [-0.25, -0.2) is 9.59 Å². The predicted molar refractivity (Wildman–Crippen MR) is 230 cm³/mol. The van der Waals surface area contributed by atoms with E-state index in [1.165, 1.54) is 13.0 Å². The molecular weight excluding hydrogens is 767 g/mol. The molecule has 2 amide bonds. The highest BCUT2D eigenvalue weighted by Crippen LogP contribution is 2.42. The van der Waals surface area contributed by atoms with Crippen LogP contribution >= 0.6 is 0 Å². The number of morpholine rings is 2. The van der Waals surface area contributed by atoms with Gasteiger partial charge in [0.2, 0.25) is 11.8 Å². The Balaban J connectivity index is 0.000000181. The summed E-state index contributed by atoms with van der Waals surface area (Å²) >= 11 is 0. The molecule has 2 saturated heterocycles. The predicted octanol–water partition coefficient (Wildman–Crippen LogP) is 7.01. The third-order valence-corrected chi connectivity index (χ3v) is 11.6. The molecule has 0 saturated carbocycles. The molecular formula is C46H53N5O9. The van der Waals surface area contributed by atoms with Crippen LogP contribution in [0.5, 0.6) is 5.75 Å². The third-order valence-electron chi connectivity index (χ3n) is 11.6. The zero-order chi connectivity index (χ0) is 42.5. The van der Waals surface area contributed by atoms with Gasteiger partial charge in [0.1, 0.15) is 11.9 Å². The minimum Gasteiger partial charge on any atom is -0.486 e. The van der Waals surface area contributed by atoms with E-state index < -0.39 is 11.9 Å². The maximum absolute atomic E-state index is 12.2. The molecule has 3 N–H and O–H groups in total. The lowest BCUT2D eigenvalue weighted by Crippen LogP contribution is -2.43. The molecule has 2 fully saturated rings. The number of carboxylic acid groups (broad SMARTS) is 2. The van der Waals surface area contributed by atoms with Gasteiger partial charge in [0.25, 0.3) is 0 Å². The van der Waals surface area contributed by atoms with Crippen molar-refractivity contribution in [2.75, 3.05) is 77.5 Å². The molecule has 4 atom stereocenters. The van der Waals surface area contributed by atoms with Crippen molar-refractivity contribution in [2.45, 2.75) is 64.8 Å². The Morgan fingerprint density at radius 2 is 1.07 bits per heavy atom. The third kappa shape index (κ3) is 9.35. The van der Waals surface area contributed by atoms with E-state index in [4.69, 9.17) is 14.2 Å². The van der Waals surface area contributed by atoms with Crippen LogP contribution in [0.1, 0.15) is 84.5 Å². The van der Waals surface area contributed by atoms with Crippen LogP contribution in [0, 0.1) is 0 Å². The number of carboxylic acids is 2. The topological polar surface area (TPSA) is 161 Å². The first-order chi connectivity index (χ1) is 28.9. The first-order valence-electron chi connectivity index (χ1n) is 20.5. The number of hydrogen-bond donors (Lipinski definition) is 3. The van der Waals surface area contributed by atoms with Crippen LogP contribution in [0.4, 0.5) is 28.4 Å². The molecule has 0 radical (unpaired) electrons. The molecule has 2 unspecified atom stereocenters. The lowest BCUT2D eigenvalue weighted by molar-refractivity contribution is -0.118. The Morgan fingerprint density at radius 3 is 1.55 bits per heavy atom. The van der Waals surface area contributed by atoms with Gasteiger partial charge in [-0.05, 0) is 111 Å². The number of amides is 2. The van der Waals surface area contributed by atoms with Gasteiger partial charge in [0.05, 0.1) is 49.3 Å². The number of carbonyl (C=O) groups is 4. The second kappa shape index (κ2) is 18.4. The molecule has 0 bridgehead atoms. The molecule has 4 heterocycles. The molecule has 4 aliphatic heterocycles. The Kier molecular flexibility index (Phi) is 12.9. The summed E-state index contributed by atoms with van der Waals surface area (Å²) in [5.74, 6) is -1.37. The summed E-state index contributed by atoms with van der Waals surface area (Å²) in [5.41, 5.74) is 6.70. The van der Waals surface area contributed by atoms with Gasteiger partial charge >= 0.3 is 11.9 Å². The van der Waals surface area contributed by atoms with Crippen molar-refractivity contribution in [3.63, 3.8) is 0 Å². The van der Waals surface area contributed by atoms with Crippen molar-refractivity contribution in [3.8, 4) is 5.75 Å². The monoisotopic (exact) mass is 819 g/mol. The summed E-state index contributed by atoms with van der Waals surface area (Å²) in [7, 11) is 0. The summed E-state index contributed by atoms with van der Waals surface area (Å²) in [6.07, 6.45) is 0.945. The summed E-state index contributed by atoms with van der Waals surface area (Å²) < 4.78 is 17.1. The van der Waals surface area contributed by atoms with E-state index in [0.29, 0.717) is 24.3 Å². The van der Waals surface area contributed by atoms with Crippen LogP contribution in [0.3, 0.4) is 0 Å². The van der Waals surface area contributed by atoms with Crippen LogP contribution in [0.25, 0.3) is 0 Å². The number of rotatable bonds is 8. The standard InChI is InChI=1S/C23H27N3O4.C23H26N2O5/c1-15-13-21(20-14-17(23(28)29)3-8-22(20)26(15)16(2)27)24-18-4-6-19(7-5-18)25-9-11-30-12-10-25;1-15-13-22(20-14-17(23(27)28)3-8-21(20)25(15)16(2)26)30-19-6-4-18(5-7-19)24-9-11-29-12-10-24/h3-8,14-15,21,24H,9-13H2,1-2H3,(H,28,29);3-8,14-15,22H,9-13H2,1-2H3,(H,27,28)/t;15-,22+/m.0/s1. The van der Waals surface area contributed by atoms with E-state index in [1.54, 1.807) is 47.1 Å². The number of nitrogens with zero attached hydrogens (tertiary/aromatic N) is 4. The van der Waals surface area contributed by atoms with E-state index in [0.717, 1.165) is 86.5 Å². The fourth-order valence-corrected chi connectivity index (χ4v) is 8.66. The second-order valence-corrected chi connectivity index (χ2v) is 15.6. The fraction of sp³-hybridized carbons (Fsp3) is 0.391. The van der Waals surface area contributed by atoms with Crippen molar-refractivity contribution in [1.82, 2.24) is 0 Å². The van der Waals surface area contributed by atoms with E-state index >= 15 is 0 Å².